The molecule has 2 heterocycles. The Bertz CT molecular complexity index is 795. The Morgan fingerprint density at radius 2 is 1.96 bits per heavy atom. The van der Waals surface area contributed by atoms with Crippen LogP contribution in [0.4, 0.5) is 10.1 Å². The zero-order valence-corrected chi connectivity index (χ0v) is 15.4. The molecule has 8 heteroatoms. The van der Waals surface area contributed by atoms with Crippen LogP contribution in [0.1, 0.15) is 28.9 Å². The van der Waals surface area contributed by atoms with Crippen LogP contribution < -0.4 is 10.2 Å². The van der Waals surface area contributed by atoms with E-state index in [9.17, 15) is 14.0 Å². The summed E-state index contributed by atoms with van der Waals surface area (Å²) in [6.45, 7) is 1.71. The molecule has 2 N–H and O–H groups in total. The number of carbonyl (C=O) groups excluding carboxylic acids is 1. The van der Waals surface area contributed by atoms with E-state index in [1.54, 1.807) is 18.2 Å². The SMILES string of the molecule is Cl.O=C(O)c1ccc(CN(C(=O)C2CCNCC2)c2cccc(F)c2)nc1. The predicted molar refractivity (Wildman–Crippen MR) is 102 cm³/mol. The molecule has 0 spiro atoms. The van der Waals surface area contributed by atoms with E-state index in [1.807, 2.05) is 0 Å². The van der Waals surface area contributed by atoms with Crippen LogP contribution in [0, 0.1) is 11.7 Å². The number of anilines is 1. The van der Waals surface area contributed by atoms with Crippen LogP contribution in [0.3, 0.4) is 0 Å². The Hall–Kier alpha value is -2.51. The van der Waals surface area contributed by atoms with E-state index >= 15 is 0 Å². The lowest BCUT2D eigenvalue weighted by molar-refractivity contribution is -0.123. The number of benzene rings is 1. The molecule has 1 aromatic heterocycles. The maximum Gasteiger partial charge on any atom is 0.337 e. The lowest BCUT2D eigenvalue weighted by Gasteiger charge is -2.29. The van der Waals surface area contributed by atoms with Crippen molar-refractivity contribution < 1.29 is 19.1 Å². The van der Waals surface area contributed by atoms with Crippen LogP contribution in [0.5, 0.6) is 0 Å². The lowest BCUT2D eigenvalue weighted by atomic mass is 9.96. The quantitative estimate of drug-likeness (QED) is 0.816. The van der Waals surface area contributed by atoms with Gasteiger partial charge in [0.2, 0.25) is 5.91 Å². The van der Waals surface area contributed by atoms with E-state index in [-0.39, 0.29) is 36.3 Å². The molecule has 27 heavy (non-hydrogen) atoms. The van der Waals surface area contributed by atoms with Gasteiger partial charge in [-0.25, -0.2) is 9.18 Å². The number of aromatic nitrogens is 1. The number of nitrogens with one attached hydrogen (secondary N) is 1. The highest BCUT2D eigenvalue weighted by atomic mass is 35.5. The molecule has 1 aliphatic rings. The first-order chi connectivity index (χ1) is 12.5. The molecule has 0 unspecified atom stereocenters. The number of pyridine rings is 1. The van der Waals surface area contributed by atoms with Gasteiger partial charge in [0.25, 0.3) is 0 Å². The van der Waals surface area contributed by atoms with Gasteiger partial charge in [-0.2, -0.15) is 0 Å². The van der Waals surface area contributed by atoms with Gasteiger partial charge in [-0.3, -0.25) is 9.78 Å². The third-order valence-electron chi connectivity index (χ3n) is 4.47. The van der Waals surface area contributed by atoms with E-state index in [1.165, 1.54) is 29.3 Å². The monoisotopic (exact) mass is 393 g/mol. The Kier molecular flexibility index (Phi) is 7.27. The number of halogens is 2. The summed E-state index contributed by atoms with van der Waals surface area (Å²) in [6, 6.07) is 8.93. The maximum absolute atomic E-state index is 13.7. The van der Waals surface area contributed by atoms with Gasteiger partial charge in [-0.15, -0.1) is 12.4 Å². The zero-order valence-electron chi connectivity index (χ0n) is 14.6. The molecule has 1 fully saturated rings. The van der Waals surface area contributed by atoms with Crippen LogP contribution >= 0.6 is 12.4 Å². The fourth-order valence-corrected chi connectivity index (χ4v) is 3.04. The van der Waals surface area contributed by atoms with Crippen LogP contribution in [-0.4, -0.2) is 35.1 Å². The van der Waals surface area contributed by atoms with E-state index in [0.717, 1.165) is 25.9 Å². The van der Waals surface area contributed by atoms with Crippen LogP contribution in [0.15, 0.2) is 42.6 Å². The standard InChI is InChI=1S/C19H20FN3O3.ClH/c20-15-2-1-3-17(10-15)23(18(24)13-6-8-21-9-7-13)12-16-5-4-14(11-22-16)19(25)26;/h1-5,10-11,13,21H,6-9,12H2,(H,25,26);1H. The molecule has 6 nitrogen and oxygen atoms in total. The zero-order chi connectivity index (χ0) is 18.5. The van der Waals surface area contributed by atoms with Crippen molar-refractivity contribution >= 4 is 30.0 Å². The summed E-state index contributed by atoms with van der Waals surface area (Å²) < 4.78 is 13.7. The maximum atomic E-state index is 13.7. The Morgan fingerprint density at radius 1 is 1.22 bits per heavy atom. The Balaban J connectivity index is 0.00000261. The highest BCUT2D eigenvalue weighted by Gasteiger charge is 2.27. The number of nitrogens with zero attached hydrogens (tertiary/aromatic N) is 2. The van der Waals surface area contributed by atoms with E-state index in [2.05, 4.69) is 10.3 Å². The molecular weight excluding hydrogens is 373 g/mol. The summed E-state index contributed by atoms with van der Waals surface area (Å²) >= 11 is 0. The van der Waals surface area contributed by atoms with Crippen molar-refractivity contribution in [1.29, 1.82) is 0 Å². The molecule has 1 aromatic carbocycles. The molecule has 0 aliphatic carbocycles. The number of piperidine rings is 1. The van der Waals surface area contributed by atoms with Crippen molar-refractivity contribution in [2.45, 2.75) is 19.4 Å². The predicted octanol–water partition coefficient (Wildman–Crippen LogP) is 2.87. The van der Waals surface area contributed by atoms with E-state index in [0.29, 0.717) is 11.4 Å². The van der Waals surface area contributed by atoms with Crippen molar-refractivity contribution in [1.82, 2.24) is 10.3 Å². The van der Waals surface area contributed by atoms with Crippen LogP contribution in [0.25, 0.3) is 0 Å². The minimum Gasteiger partial charge on any atom is -0.478 e. The molecule has 144 valence electrons. The number of carbonyl (C=O) groups is 2. The summed E-state index contributed by atoms with van der Waals surface area (Å²) in [5.41, 5.74) is 1.09. The van der Waals surface area contributed by atoms with Crippen molar-refractivity contribution in [3.63, 3.8) is 0 Å². The highest BCUT2D eigenvalue weighted by molar-refractivity contribution is 5.95. The summed E-state index contributed by atoms with van der Waals surface area (Å²) in [7, 11) is 0. The molecule has 0 radical (unpaired) electrons. The molecule has 3 rings (SSSR count). The third-order valence-corrected chi connectivity index (χ3v) is 4.47. The average Bonchev–Trinajstić information content (AvgIpc) is 2.66. The summed E-state index contributed by atoms with van der Waals surface area (Å²) in [5, 5.41) is 12.2. The number of hydrogen-bond donors (Lipinski definition) is 2. The number of carboxylic acid groups (broad SMARTS) is 1. The number of hydrogen-bond acceptors (Lipinski definition) is 4. The summed E-state index contributed by atoms with van der Waals surface area (Å²) in [6.07, 6.45) is 2.72. The third kappa shape index (κ3) is 5.24. The van der Waals surface area contributed by atoms with Crippen molar-refractivity contribution in [2.24, 2.45) is 5.92 Å². The fraction of sp³-hybridized carbons (Fsp3) is 0.316. The topological polar surface area (TPSA) is 82.5 Å². The number of amides is 1. The molecule has 0 bridgehead atoms. The van der Waals surface area contributed by atoms with Gasteiger partial charge in [0.15, 0.2) is 0 Å². The average molecular weight is 394 g/mol. The second-order valence-electron chi connectivity index (χ2n) is 6.27. The summed E-state index contributed by atoms with van der Waals surface area (Å²) in [4.78, 5) is 29.7. The second-order valence-corrected chi connectivity index (χ2v) is 6.27. The molecular formula is C19H21ClFN3O3. The summed E-state index contributed by atoms with van der Waals surface area (Å²) in [5.74, 6) is -1.67. The molecule has 1 amide bonds. The van der Waals surface area contributed by atoms with Gasteiger partial charge in [-0.1, -0.05) is 6.07 Å². The minimum absolute atomic E-state index is 0. The van der Waals surface area contributed by atoms with Gasteiger partial charge in [0, 0.05) is 17.8 Å². The van der Waals surface area contributed by atoms with Gasteiger partial charge in [0.1, 0.15) is 5.82 Å². The second kappa shape index (κ2) is 9.43. The van der Waals surface area contributed by atoms with Crippen molar-refractivity contribution in [3.8, 4) is 0 Å². The first kappa shape index (κ1) is 20.8. The normalized spacial score (nSPS) is 14.3. The number of rotatable bonds is 5. The van der Waals surface area contributed by atoms with Gasteiger partial charge >= 0.3 is 5.97 Å². The molecule has 1 aliphatic heterocycles. The molecule has 0 atom stereocenters. The lowest BCUT2D eigenvalue weighted by Crippen LogP contribution is -2.41. The van der Waals surface area contributed by atoms with E-state index in [4.69, 9.17) is 5.11 Å². The van der Waals surface area contributed by atoms with Crippen LogP contribution in [0.2, 0.25) is 0 Å². The van der Waals surface area contributed by atoms with Crippen molar-refractivity contribution in [2.75, 3.05) is 18.0 Å². The number of aromatic carboxylic acids is 1. The molecule has 1 saturated heterocycles. The molecule has 2 aromatic rings. The molecule has 0 saturated carbocycles. The van der Waals surface area contributed by atoms with Gasteiger partial charge in [-0.05, 0) is 56.3 Å². The van der Waals surface area contributed by atoms with Gasteiger partial charge < -0.3 is 15.3 Å². The first-order valence-corrected chi connectivity index (χ1v) is 8.50. The Labute approximate surface area is 162 Å². The van der Waals surface area contributed by atoms with Crippen LogP contribution in [-0.2, 0) is 11.3 Å². The largest absolute Gasteiger partial charge is 0.478 e. The van der Waals surface area contributed by atoms with Gasteiger partial charge in [0.05, 0.1) is 17.8 Å². The number of carboxylic acids is 1. The highest BCUT2D eigenvalue weighted by Crippen LogP contribution is 2.24. The smallest absolute Gasteiger partial charge is 0.337 e. The minimum atomic E-state index is -1.06. The van der Waals surface area contributed by atoms with Crippen molar-refractivity contribution in [3.05, 3.63) is 59.7 Å². The van der Waals surface area contributed by atoms with E-state index < -0.39 is 11.8 Å². The fourth-order valence-electron chi connectivity index (χ4n) is 3.04. The first-order valence-electron chi connectivity index (χ1n) is 8.50. The Morgan fingerprint density at radius 3 is 2.56 bits per heavy atom.